The van der Waals surface area contributed by atoms with Crippen LogP contribution in [-0.4, -0.2) is 36.3 Å². The third-order valence-corrected chi connectivity index (χ3v) is 4.39. The predicted octanol–water partition coefficient (Wildman–Crippen LogP) is 2.84. The second kappa shape index (κ2) is 9.51. The zero-order chi connectivity index (χ0) is 18.2. The molecular formula is C19H28FN3O2. The van der Waals surface area contributed by atoms with Crippen LogP contribution in [0.5, 0.6) is 0 Å². The molecule has 138 valence electrons. The smallest absolute Gasteiger partial charge is 0.224 e. The van der Waals surface area contributed by atoms with Crippen molar-refractivity contribution in [2.45, 2.75) is 52.5 Å². The first-order chi connectivity index (χ1) is 12.1. The third-order valence-electron chi connectivity index (χ3n) is 4.39. The highest BCUT2D eigenvalue weighted by atomic mass is 19.1. The second-order valence-corrected chi connectivity index (χ2v) is 6.42. The van der Waals surface area contributed by atoms with Crippen LogP contribution >= 0.6 is 0 Å². The summed E-state index contributed by atoms with van der Waals surface area (Å²) in [5.74, 6) is -0.692. The van der Waals surface area contributed by atoms with Crippen molar-refractivity contribution in [2.24, 2.45) is 0 Å². The molecule has 1 aliphatic rings. The molecule has 1 aromatic rings. The van der Waals surface area contributed by atoms with Gasteiger partial charge in [-0.15, -0.1) is 0 Å². The molecule has 0 aliphatic carbocycles. The Morgan fingerprint density at radius 3 is 2.60 bits per heavy atom. The Balaban J connectivity index is 1.91. The molecule has 0 atom stereocenters. The van der Waals surface area contributed by atoms with Crippen molar-refractivity contribution in [1.82, 2.24) is 10.2 Å². The number of carbonyl (C=O) groups is 2. The highest BCUT2D eigenvalue weighted by molar-refractivity contribution is 5.93. The maximum atomic E-state index is 14.5. The summed E-state index contributed by atoms with van der Waals surface area (Å²) < 4.78 is 14.5. The molecule has 2 amide bonds. The van der Waals surface area contributed by atoms with Crippen LogP contribution in [0.1, 0.15) is 50.7 Å². The Morgan fingerprint density at radius 2 is 1.92 bits per heavy atom. The SMILES string of the molecule is CCCN(CCC)C(=O)CCC(=O)Nc1ccc2c(c1F)CCNC2. The van der Waals surface area contributed by atoms with Gasteiger partial charge < -0.3 is 15.5 Å². The lowest BCUT2D eigenvalue weighted by Gasteiger charge is -2.21. The minimum Gasteiger partial charge on any atom is -0.343 e. The average Bonchev–Trinajstić information content (AvgIpc) is 2.62. The average molecular weight is 349 g/mol. The van der Waals surface area contributed by atoms with E-state index < -0.39 is 0 Å². The van der Waals surface area contributed by atoms with Gasteiger partial charge in [0.05, 0.1) is 5.69 Å². The Hall–Kier alpha value is -1.95. The van der Waals surface area contributed by atoms with Crippen LogP contribution in [0.3, 0.4) is 0 Å². The molecule has 2 rings (SSSR count). The topological polar surface area (TPSA) is 61.4 Å². The van der Waals surface area contributed by atoms with Crippen molar-refractivity contribution < 1.29 is 14.0 Å². The van der Waals surface area contributed by atoms with Gasteiger partial charge >= 0.3 is 0 Å². The van der Waals surface area contributed by atoms with Crippen molar-refractivity contribution in [3.05, 3.63) is 29.1 Å². The maximum absolute atomic E-state index is 14.5. The number of benzene rings is 1. The van der Waals surface area contributed by atoms with Gasteiger partial charge in [-0.1, -0.05) is 19.9 Å². The van der Waals surface area contributed by atoms with Crippen molar-refractivity contribution in [3.8, 4) is 0 Å². The lowest BCUT2D eigenvalue weighted by atomic mass is 9.99. The molecule has 0 spiro atoms. The third kappa shape index (κ3) is 5.26. The Morgan fingerprint density at radius 1 is 1.20 bits per heavy atom. The lowest BCUT2D eigenvalue weighted by Crippen LogP contribution is -2.33. The number of hydrogen-bond acceptors (Lipinski definition) is 3. The Kier molecular flexibility index (Phi) is 7.37. The van der Waals surface area contributed by atoms with Crippen molar-refractivity contribution >= 4 is 17.5 Å². The monoisotopic (exact) mass is 349 g/mol. The van der Waals surface area contributed by atoms with Gasteiger partial charge in [-0.25, -0.2) is 4.39 Å². The number of hydrogen-bond donors (Lipinski definition) is 2. The van der Waals surface area contributed by atoms with E-state index >= 15 is 0 Å². The van der Waals surface area contributed by atoms with Crippen molar-refractivity contribution in [3.63, 3.8) is 0 Å². The number of rotatable bonds is 8. The number of halogens is 1. The molecule has 0 fully saturated rings. The van der Waals surface area contributed by atoms with E-state index in [4.69, 9.17) is 0 Å². The maximum Gasteiger partial charge on any atom is 0.224 e. The number of nitrogens with zero attached hydrogens (tertiary/aromatic N) is 1. The highest BCUT2D eigenvalue weighted by Crippen LogP contribution is 2.24. The lowest BCUT2D eigenvalue weighted by molar-refractivity contribution is -0.132. The van der Waals surface area contributed by atoms with Gasteiger partial charge in [0.25, 0.3) is 0 Å². The van der Waals surface area contributed by atoms with Crippen molar-refractivity contribution in [2.75, 3.05) is 25.0 Å². The van der Waals surface area contributed by atoms with Crippen LogP contribution < -0.4 is 10.6 Å². The first kappa shape index (κ1) is 19.4. The molecule has 0 radical (unpaired) electrons. The molecule has 1 heterocycles. The van der Waals surface area contributed by atoms with E-state index in [1.165, 1.54) is 0 Å². The summed E-state index contributed by atoms with van der Waals surface area (Å²) in [6.45, 7) is 6.86. The van der Waals surface area contributed by atoms with Gasteiger partial charge in [-0.3, -0.25) is 9.59 Å². The standard InChI is InChI=1S/C19H28FN3O2/c1-3-11-23(12-4-2)18(25)8-7-17(24)22-16-6-5-14-13-21-10-9-15(14)19(16)20/h5-6,21H,3-4,7-13H2,1-2H3,(H,22,24). The van der Waals surface area contributed by atoms with Crippen LogP contribution in [0.2, 0.25) is 0 Å². The molecule has 6 heteroatoms. The minimum atomic E-state index is -0.350. The molecule has 0 saturated carbocycles. The number of carbonyl (C=O) groups excluding carboxylic acids is 2. The zero-order valence-corrected chi connectivity index (χ0v) is 15.2. The number of nitrogens with one attached hydrogen (secondary N) is 2. The first-order valence-corrected chi connectivity index (χ1v) is 9.15. The van der Waals surface area contributed by atoms with E-state index in [2.05, 4.69) is 10.6 Å². The van der Waals surface area contributed by atoms with Crippen molar-refractivity contribution in [1.29, 1.82) is 0 Å². The normalized spacial score (nSPS) is 13.2. The first-order valence-electron chi connectivity index (χ1n) is 9.15. The van der Waals surface area contributed by atoms with Gasteiger partial charge in [-0.05, 0) is 43.0 Å². The van der Waals surface area contributed by atoms with Gasteiger partial charge in [0.1, 0.15) is 5.82 Å². The summed E-state index contributed by atoms with van der Waals surface area (Å²) in [4.78, 5) is 26.1. The van der Waals surface area contributed by atoms with Gasteiger partial charge in [0, 0.05) is 32.5 Å². The predicted molar refractivity (Wildman–Crippen MR) is 96.8 cm³/mol. The van der Waals surface area contributed by atoms with E-state index in [1.54, 1.807) is 11.0 Å². The van der Waals surface area contributed by atoms with E-state index in [0.29, 0.717) is 31.6 Å². The molecule has 1 aliphatic heterocycles. The van der Waals surface area contributed by atoms with E-state index in [-0.39, 0.29) is 36.2 Å². The fraction of sp³-hybridized carbons (Fsp3) is 0.579. The fourth-order valence-electron chi connectivity index (χ4n) is 3.12. The fourth-order valence-corrected chi connectivity index (χ4v) is 3.12. The van der Waals surface area contributed by atoms with Crippen LogP contribution in [0, 0.1) is 5.82 Å². The molecule has 1 aromatic carbocycles. The Labute approximate surface area is 149 Å². The molecular weight excluding hydrogens is 321 g/mol. The molecule has 0 aromatic heterocycles. The number of anilines is 1. The van der Waals surface area contributed by atoms with Gasteiger partial charge in [-0.2, -0.15) is 0 Å². The summed E-state index contributed by atoms with van der Waals surface area (Å²) >= 11 is 0. The molecule has 0 bridgehead atoms. The summed E-state index contributed by atoms with van der Waals surface area (Å²) in [6, 6.07) is 3.44. The van der Waals surface area contributed by atoms with E-state index in [0.717, 1.165) is 24.9 Å². The van der Waals surface area contributed by atoms with Crippen LogP contribution in [-0.2, 0) is 22.6 Å². The molecule has 2 N–H and O–H groups in total. The highest BCUT2D eigenvalue weighted by Gasteiger charge is 2.18. The number of fused-ring (bicyclic) bond motifs is 1. The molecule has 0 saturated heterocycles. The second-order valence-electron chi connectivity index (χ2n) is 6.42. The van der Waals surface area contributed by atoms with Gasteiger partial charge in [0.15, 0.2) is 0 Å². The number of amides is 2. The quantitative estimate of drug-likeness (QED) is 0.759. The van der Waals surface area contributed by atoms with Crippen LogP contribution in [0.4, 0.5) is 10.1 Å². The summed E-state index contributed by atoms with van der Waals surface area (Å²) in [5.41, 5.74) is 1.81. The van der Waals surface area contributed by atoms with Gasteiger partial charge in [0.2, 0.25) is 11.8 Å². The van der Waals surface area contributed by atoms with E-state index in [1.807, 2.05) is 19.9 Å². The summed E-state index contributed by atoms with van der Waals surface area (Å²) in [5, 5.41) is 5.81. The van der Waals surface area contributed by atoms with Crippen LogP contribution in [0.25, 0.3) is 0 Å². The Bertz CT molecular complexity index is 613. The summed E-state index contributed by atoms with van der Waals surface area (Å²) in [6.07, 6.45) is 2.63. The van der Waals surface area contributed by atoms with E-state index in [9.17, 15) is 14.0 Å². The molecule has 25 heavy (non-hydrogen) atoms. The molecule has 5 nitrogen and oxygen atoms in total. The zero-order valence-electron chi connectivity index (χ0n) is 15.2. The summed E-state index contributed by atoms with van der Waals surface area (Å²) in [7, 11) is 0. The van der Waals surface area contributed by atoms with Crippen LogP contribution in [0.15, 0.2) is 12.1 Å². The molecule has 0 unspecified atom stereocenters. The minimum absolute atomic E-state index is 0.0177. The largest absolute Gasteiger partial charge is 0.343 e.